The van der Waals surface area contributed by atoms with Crippen molar-refractivity contribution in [2.45, 2.75) is 65.0 Å². The lowest BCUT2D eigenvalue weighted by molar-refractivity contribution is -0.136. The molecule has 0 spiro atoms. The molecule has 1 saturated carbocycles. The molecule has 2 rings (SSSR count). The first-order chi connectivity index (χ1) is 8.59. The van der Waals surface area contributed by atoms with Crippen molar-refractivity contribution in [2.24, 2.45) is 11.8 Å². The van der Waals surface area contributed by atoms with Gasteiger partial charge in [-0.1, -0.05) is 20.8 Å². The lowest BCUT2D eigenvalue weighted by Gasteiger charge is -2.34. The Hall–Kier alpha value is -0.570. The van der Waals surface area contributed by atoms with E-state index < -0.39 is 0 Å². The minimum Gasteiger partial charge on any atom is -0.338 e. The van der Waals surface area contributed by atoms with Gasteiger partial charge in [0.15, 0.2) is 0 Å². The van der Waals surface area contributed by atoms with Crippen LogP contribution in [-0.4, -0.2) is 36.0 Å². The fraction of sp³-hybridized carbons (Fsp3) is 0.933. The maximum atomic E-state index is 12.7. The van der Waals surface area contributed by atoms with E-state index in [2.05, 4.69) is 31.0 Å². The van der Waals surface area contributed by atoms with Crippen LogP contribution in [-0.2, 0) is 4.79 Å². The summed E-state index contributed by atoms with van der Waals surface area (Å²) in [4.78, 5) is 14.8. The molecule has 2 aliphatic rings. The molecule has 104 valence electrons. The smallest absolute Gasteiger partial charge is 0.240 e. The normalized spacial score (nSPS) is 28.4. The highest BCUT2D eigenvalue weighted by Crippen LogP contribution is 2.29. The van der Waals surface area contributed by atoms with E-state index in [0.717, 1.165) is 19.5 Å². The van der Waals surface area contributed by atoms with Gasteiger partial charge in [0.2, 0.25) is 5.91 Å². The number of nitrogens with one attached hydrogen (secondary N) is 1. The summed E-state index contributed by atoms with van der Waals surface area (Å²) in [6, 6.07) is 0.624. The van der Waals surface area contributed by atoms with Gasteiger partial charge in [-0.05, 0) is 50.5 Å². The standard InChI is InChI=1S/C15H28N2O/c1-11(2)8-10-17(13-6-7-13)15(18)14-12(3)5-4-9-16-14/h11-14,16H,4-10H2,1-3H3. The Kier molecular flexibility index (Phi) is 4.66. The second-order valence-corrected chi connectivity index (χ2v) is 6.50. The zero-order chi connectivity index (χ0) is 13.1. The van der Waals surface area contributed by atoms with E-state index >= 15 is 0 Å². The molecule has 1 amide bonds. The van der Waals surface area contributed by atoms with E-state index in [9.17, 15) is 4.79 Å². The lowest BCUT2D eigenvalue weighted by atomic mass is 9.91. The van der Waals surface area contributed by atoms with Gasteiger partial charge in [0.1, 0.15) is 0 Å². The van der Waals surface area contributed by atoms with Crippen LogP contribution in [0.5, 0.6) is 0 Å². The summed E-state index contributed by atoms with van der Waals surface area (Å²) in [5.74, 6) is 1.53. The van der Waals surface area contributed by atoms with E-state index in [0.29, 0.717) is 23.8 Å². The minimum atomic E-state index is 0.0755. The quantitative estimate of drug-likeness (QED) is 0.815. The number of piperidine rings is 1. The maximum Gasteiger partial charge on any atom is 0.240 e. The summed E-state index contributed by atoms with van der Waals surface area (Å²) in [5.41, 5.74) is 0. The molecule has 0 aromatic heterocycles. The number of amides is 1. The first kappa shape index (κ1) is 13.9. The molecule has 3 heteroatoms. The number of nitrogens with zero attached hydrogens (tertiary/aromatic N) is 1. The van der Waals surface area contributed by atoms with Crippen molar-refractivity contribution < 1.29 is 4.79 Å². The number of carbonyl (C=O) groups is 1. The summed E-state index contributed by atoms with van der Waals surface area (Å²) in [6.07, 6.45) is 5.95. The van der Waals surface area contributed by atoms with E-state index in [-0.39, 0.29) is 6.04 Å². The Balaban J connectivity index is 1.94. The second-order valence-electron chi connectivity index (χ2n) is 6.50. The summed E-state index contributed by atoms with van der Waals surface area (Å²) in [6.45, 7) is 8.63. The van der Waals surface area contributed by atoms with Crippen molar-refractivity contribution in [2.75, 3.05) is 13.1 Å². The average molecular weight is 252 g/mol. The van der Waals surface area contributed by atoms with Crippen molar-refractivity contribution in [1.29, 1.82) is 0 Å². The molecule has 0 aromatic carbocycles. The first-order valence-electron chi connectivity index (χ1n) is 7.63. The third-order valence-corrected chi connectivity index (χ3v) is 4.25. The molecule has 1 saturated heterocycles. The molecule has 1 aliphatic carbocycles. The number of hydrogen-bond donors (Lipinski definition) is 1. The highest BCUT2D eigenvalue weighted by molar-refractivity contribution is 5.83. The monoisotopic (exact) mass is 252 g/mol. The van der Waals surface area contributed by atoms with Crippen molar-refractivity contribution in [1.82, 2.24) is 10.2 Å². The molecule has 2 unspecified atom stereocenters. The van der Waals surface area contributed by atoms with Crippen LogP contribution in [0.15, 0.2) is 0 Å². The fourth-order valence-electron chi connectivity index (χ4n) is 2.82. The molecule has 1 aliphatic heterocycles. The van der Waals surface area contributed by atoms with Crippen molar-refractivity contribution in [3.63, 3.8) is 0 Å². The number of rotatable bonds is 5. The van der Waals surface area contributed by atoms with E-state index in [1.807, 2.05) is 0 Å². The Labute approximate surface area is 111 Å². The lowest BCUT2D eigenvalue weighted by Crippen LogP contribution is -2.53. The summed E-state index contributed by atoms with van der Waals surface area (Å²) >= 11 is 0. The highest BCUT2D eigenvalue weighted by atomic mass is 16.2. The van der Waals surface area contributed by atoms with Gasteiger partial charge in [0.05, 0.1) is 6.04 Å². The predicted molar refractivity (Wildman–Crippen MR) is 74.4 cm³/mol. The van der Waals surface area contributed by atoms with Gasteiger partial charge in [0.25, 0.3) is 0 Å². The average Bonchev–Trinajstić information content (AvgIpc) is 3.13. The molecule has 1 heterocycles. The van der Waals surface area contributed by atoms with Crippen LogP contribution in [0.1, 0.15) is 52.9 Å². The van der Waals surface area contributed by atoms with Gasteiger partial charge in [-0.15, -0.1) is 0 Å². The first-order valence-corrected chi connectivity index (χ1v) is 7.63. The van der Waals surface area contributed by atoms with E-state index in [1.165, 1.54) is 25.7 Å². The molecule has 3 nitrogen and oxygen atoms in total. The minimum absolute atomic E-state index is 0.0755. The Morgan fingerprint density at radius 2 is 2.06 bits per heavy atom. The molecular formula is C15H28N2O. The van der Waals surface area contributed by atoms with Crippen molar-refractivity contribution in [3.8, 4) is 0 Å². The third kappa shape index (κ3) is 3.47. The van der Waals surface area contributed by atoms with Crippen LogP contribution in [0.3, 0.4) is 0 Å². The predicted octanol–water partition coefficient (Wildman–Crippen LogP) is 2.41. The molecule has 0 radical (unpaired) electrons. The summed E-state index contributed by atoms with van der Waals surface area (Å²) in [5, 5.41) is 3.43. The molecule has 0 aromatic rings. The Bertz CT molecular complexity index is 286. The SMILES string of the molecule is CC(C)CCN(C(=O)C1NCCCC1C)C1CC1. The van der Waals surface area contributed by atoms with Gasteiger partial charge >= 0.3 is 0 Å². The van der Waals surface area contributed by atoms with Crippen LogP contribution in [0.25, 0.3) is 0 Å². The zero-order valence-electron chi connectivity index (χ0n) is 12.1. The Morgan fingerprint density at radius 3 is 2.61 bits per heavy atom. The molecule has 18 heavy (non-hydrogen) atoms. The van der Waals surface area contributed by atoms with Crippen LogP contribution in [0, 0.1) is 11.8 Å². The molecule has 1 N–H and O–H groups in total. The van der Waals surface area contributed by atoms with Gasteiger partial charge in [-0.25, -0.2) is 0 Å². The third-order valence-electron chi connectivity index (χ3n) is 4.25. The molecule has 0 bridgehead atoms. The van der Waals surface area contributed by atoms with Crippen LogP contribution < -0.4 is 5.32 Å². The summed E-state index contributed by atoms with van der Waals surface area (Å²) < 4.78 is 0. The number of carbonyl (C=O) groups excluding carboxylic acids is 1. The van der Waals surface area contributed by atoms with E-state index in [4.69, 9.17) is 0 Å². The molecular weight excluding hydrogens is 224 g/mol. The van der Waals surface area contributed by atoms with Crippen molar-refractivity contribution in [3.05, 3.63) is 0 Å². The largest absolute Gasteiger partial charge is 0.338 e. The fourth-order valence-corrected chi connectivity index (χ4v) is 2.82. The molecule has 2 atom stereocenters. The Morgan fingerprint density at radius 1 is 1.33 bits per heavy atom. The molecule has 2 fully saturated rings. The highest BCUT2D eigenvalue weighted by Gasteiger charge is 2.37. The summed E-state index contributed by atoms with van der Waals surface area (Å²) in [7, 11) is 0. The topological polar surface area (TPSA) is 32.3 Å². The van der Waals surface area contributed by atoms with Crippen molar-refractivity contribution >= 4 is 5.91 Å². The second kappa shape index (κ2) is 6.05. The van der Waals surface area contributed by atoms with Gasteiger partial charge in [-0.3, -0.25) is 4.79 Å². The van der Waals surface area contributed by atoms with Crippen LogP contribution >= 0.6 is 0 Å². The van der Waals surface area contributed by atoms with Gasteiger partial charge < -0.3 is 10.2 Å². The van der Waals surface area contributed by atoms with Gasteiger partial charge in [-0.2, -0.15) is 0 Å². The zero-order valence-corrected chi connectivity index (χ0v) is 12.1. The maximum absolute atomic E-state index is 12.7. The number of hydrogen-bond acceptors (Lipinski definition) is 2. The van der Waals surface area contributed by atoms with Gasteiger partial charge in [0, 0.05) is 12.6 Å². The van der Waals surface area contributed by atoms with E-state index in [1.54, 1.807) is 0 Å². The van der Waals surface area contributed by atoms with Crippen LogP contribution in [0.2, 0.25) is 0 Å². The van der Waals surface area contributed by atoms with Crippen LogP contribution in [0.4, 0.5) is 0 Å².